The van der Waals surface area contributed by atoms with Crippen LogP contribution in [0.2, 0.25) is 0 Å². The largest absolute Gasteiger partial charge is 0.495 e. The number of hydrogen-bond acceptors (Lipinski definition) is 3. The number of benzene rings is 1. The van der Waals surface area contributed by atoms with Gasteiger partial charge in [0, 0.05) is 18.8 Å². The van der Waals surface area contributed by atoms with Gasteiger partial charge in [0.1, 0.15) is 5.75 Å². The fourth-order valence-electron chi connectivity index (χ4n) is 2.41. The van der Waals surface area contributed by atoms with Crippen LogP contribution in [0.1, 0.15) is 23.4 Å². The van der Waals surface area contributed by atoms with Gasteiger partial charge in [0.25, 0.3) is 0 Å². The van der Waals surface area contributed by atoms with Gasteiger partial charge in [0.15, 0.2) is 5.11 Å². The summed E-state index contributed by atoms with van der Waals surface area (Å²) in [5.74, 6) is 0.775. The van der Waals surface area contributed by atoms with Crippen LogP contribution in [0.15, 0.2) is 22.7 Å². The van der Waals surface area contributed by atoms with Crippen LogP contribution in [0.3, 0.4) is 0 Å². The average molecular weight is 411 g/mol. The van der Waals surface area contributed by atoms with Crippen LogP contribution in [0.4, 0.5) is 5.69 Å². The Morgan fingerprint density at radius 3 is 2.71 bits per heavy atom. The van der Waals surface area contributed by atoms with Crippen molar-refractivity contribution in [3.05, 3.63) is 39.6 Å². The standard InChI is InChI=1S/C17H23BrN4OS/c1-11-6-7-15(23-4)14(10-11)20-17(24)19-8-5-9-22-13(3)16(18)12(2)21-22/h6-7,10H,5,8-9H2,1-4H3,(H2,19,20,24). The molecule has 1 aromatic heterocycles. The van der Waals surface area contributed by atoms with Crippen molar-refractivity contribution < 1.29 is 4.74 Å². The molecule has 0 saturated heterocycles. The summed E-state index contributed by atoms with van der Waals surface area (Å²) >= 11 is 8.91. The zero-order valence-electron chi connectivity index (χ0n) is 14.4. The Morgan fingerprint density at radius 1 is 1.33 bits per heavy atom. The molecular formula is C17H23BrN4OS. The van der Waals surface area contributed by atoms with Gasteiger partial charge in [-0.3, -0.25) is 4.68 Å². The molecular weight excluding hydrogens is 388 g/mol. The van der Waals surface area contributed by atoms with E-state index < -0.39 is 0 Å². The molecule has 0 aliphatic carbocycles. The molecule has 2 N–H and O–H groups in total. The monoisotopic (exact) mass is 410 g/mol. The van der Waals surface area contributed by atoms with E-state index in [1.165, 1.54) is 0 Å². The van der Waals surface area contributed by atoms with Gasteiger partial charge in [-0.1, -0.05) is 6.07 Å². The molecule has 0 saturated carbocycles. The van der Waals surface area contributed by atoms with Gasteiger partial charge in [0.05, 0.1) is 23.0 Å². The van der Waals surface area contributed by atoms with Crippen molar-refractivity contribution >= 4 is 38.9 Å². The van der Waals surface area contributed by atoms with Crippen molar-refractivity contribution in [3.63, 3.8) is 0 Å². The minimum atomic E-state index is 0.591. The summed E-state index contributed by atoms with van der Waals surface area (Å²) in [6.07, 6.45) is 0.932. The predicted molar refractivity (Wildman–Crippen MR) is 106 cm³/mol. The van der Waals surface area contributed by atoms with Gasteiger partial charge in [-0.25, -0.2) is 0 Å². The number of halogens is 1. The van der Waals surface area contributed by atoms with Gasteiger partial charge in [-0.2, -0.15) is 5.10 Å². The Balaban J connectivity index is 1.81. The second-order valence-electron chi connectivity index (χ2n) is 5.65. The molecule has 1 aromatic carbocycles. The maximum absolute atomic E-state index is 5.36. The number of nitrogens with zero attached hydrogens (tertiary/aromatic N) is 2. The van der Waals surface area contributed by atoms with E-state index in [-0.39, 0.29) is 0 Å². The van der Waals surface area contributed by atoms with E-state index >= 15 is 0 Å². The molecule has 0 amide bonds. The zero-order valence-corrected chi connectivity index (χ0v) is 16.8. The van der Waals surface area contributed by atoms with Gasteiger partial charge >= 0.3 is 0 Å². The van der Waals surface area contributed by atoms with Crippen LogP contribution >= 0.6 is 28.1 Å². The van der Waals surface area contributed by atoms with E-state index in [0.717, 1.165) is 52.4 Å². The molecule has 1 heterocycles. The minimum Gasteiger partial charge on any atom is -0.495 e. The third-order valence-corrected chi connectivity index (χ3v) is 5.12. The van der Waals surface area contributed by atoms with Crippen LogP contribution in [0.25, 0.3) is 0 Å². The first-order valence-corrected chi connectivity index (χ1v) is 9.01. The molecule has 0 radical (unpaired) electrons. The number of ether oxygens (including phenoxy) is 1. The Morgan fingerprint density at radius 2 is 2.08 bits per heavy atom. The van der Waals surface area contributed by atoms with Crippen LogP contribution in [-0.4, -0.2) is 28.5 Å². The van der Waals surface area contributed by atoms with Crippen LogP contribution < -0.4 is 15.4 Å². The van der Waals surface area contributed by atoms with E-state index in [1.54, 1.807) is 7.11 Å². The number of hydrogen-bond donors (Lipinski definition) is 2. The van der Waals surface area contributed by atoms with Crippen molar-refractivity contribution in [1.29, 1.82) is 0 Å². The van der Waals surface area contributed by atoms with Crippen LogP contribution in [0.5, 0.6) is 5.75 Å². The lowest BCUT2D eigenvalue weighted by atomic mass is 10.2. The fraction of sp³-hybridized carbons (Fsp3) is 0.412. The highest BCUT2D eigenvalue weighted by atomic mass is 79.9. The summed E-state index contributed by atoms with van der Waals surface area (Å²) in [6.45, 7) is 7.72. The maximum Gasteiger partial charge on any atom is 0.170 e. The third-order valence-electron chi connectivity index (χ3n) is 3.73. The highest BCUT2D eigenvalue weighted by Crippen LogP contribution is 2.25. The SMILES string of the molecule is COc1ccc(C)cc1NC(=S)NCCCn1nc(C)c(Br)c1C. The quantitative estimate of drug-likeness (QED) is 0.557. The number of anilines is 1. The maximum atomic E-state index is 5.36. The van der Waals surface area contributed by atoms with Crippen LogP contribution in [-0.2, 0) is 6.54 Å². The molecule has 0 bridgehead atoms. The topological polar surface area (TPSA) is 51.1 Å². The Kier molecular flexibility index (Phi) is 6.62. The average Bonchev–Trinajstić information content (AvgIpc) is 2.79. The van der Waals surface area contributed by atoms with Crippen molar-refractivity contribution in [2.24, 2.45) is 0 Å². The molecule has 0 spiro atoms. The molecule has 7 heteroatoms. The zero-order chi connectivity index (χ0) is 17.7. The molecule has 0 aliphatic rings. The van der Waals surface area contributed by atoms with Crippen molar-refractivity contribution in [2.75, 3.05) is 19.0 Å². The Bertz CT molecular complexity index is 730. The first-order valence-electron chi connectivity index (χ1n) is 7.81. The summed E-state index contributed by atoms with van der Waals surface area (Å²) in [6, 6.07) is 5.95. The lowest BCUT2D eigenvalue weighted by Crippen LogP contribution is -2.30. The smallest absolute Gasteiger partial charge is 0.170 e. The molecule has 0 unspecified atom stereocenters. The molecule has 0 atom stereocenters. The first kappa shape index (κ1) is 18.7. The lowest BCUT2D eigenvalue weighted by molar-refractivity contribution is 0.417. The molecule has 0 fully saturated rings. The van der Waals surface area contributed by atoms with E-state index in [2.05, 4.69) is 38.6 Å². The van der Waals surface area contributed by atoms with E-state index in [4.69, 9.17) is 17.0 Å². The molecule has 5 nitrogen and oxygen atoms in total. The minimum absolute atomic E-state index is 0.591. The fourth-order valence-corrected chi connectivity index (χ4v) is 2.91. The summed E-state index contributed by atoms with van der Waals surface area (Å²) in [5.41, 5.74) is 4.19. The highest BCUT2D eigenvalue weighted by molar-refractivity contribution is 9.10. The summed E-state index contributed by atoms with van der Waals surface area (Å²) < 4.78 is 8.44. The second-order valence-corrected chi connectivity index (χ2v) is 6.85. The first-order chi connectivity index (χ1) is 11.4. The molecule has 2 aromatic rings. The van der Waals surface area contributed by atoms with E-state index in [9.17, 15) is 0 Å². The van der Waals surface area contributed by atoms with Crippen LogP contribution in [0, 0.1) is 20.8 Å². The van der Waals surface area contributed by atoms with Crippen molar-refractivity contribution in [1.82, 2.24) is 15.1 Å². The van der Waals surface area contributed by atoms with Gasteiger partial charge in [0.2, 0.25) is 0 Å². The number of rotatable bonds is 6. The van der Waals surface area contributed by atoms with E-state index in [0.29, 0.717) is 5.11 Å². The second kappa shape index (κ2) is 8.48. The Labute approximate surface area is 156 Å². The Hall–Kier alpha value is -1.60. The molecule has 24 heavy (non-hydrogen) atoms. The van der Waals surface area contributed by atoms with Crippen molar-refractivity contribution in [2.45, 2.75) is 33.7 Å². The number of methoxy groups -OCH3 is 1. The lowest BCUT2D eigenvalue weighted by Gasteiger charge is -2.14. The van der Waals surface area contributed by atoms with Gasteiger partial charge in [-0.05, 0) is 73.0 Å². The van der Waals surface area contributed by atoms with E-state index in [1.807, 2.05) is 36.7 Å². The summed E-state index contributed by atoms with van der Waals surface area (Å²) in [5, 5.41) is 11.5. The predicted octanol–water partition coefficient (Wildman–Crippen LogP) is 3.96. The van der Waals surface area contributed by atoms with Gasteiger partial charge < -0.3 is 15.4 Å². The molecule has 2 rings (SSSR count). The number of aryl methyl sites for hydroxylation is 3. The number of aromatic nitrogens is 2. The van der Waals surface area contributed by atoms with Crippen molar-refractivity contribution in [3.8, 4) is 5.75 Å². The normalized spacial score (nSPS) is 10.5. The highest BCUT2D eigenvalue weighted by Gasteiger charge is 2.08. The summed E-state index contributed by atoms with van der Waals surface area (Å²) in [7, 11) is 1.65. The third kappa shape index (κ3) is 4.70. The van der Waals surface area contributed by atoms with Gasteiger partial charge in [-0.15, -0.1) is 0 Å². The molecule has 130 valence electrons. The summed E-state index contributed by atoms with van der Waals surface area (Å²) in [4.78, 5) is 0. The number of nitrogens with one attached hydrogen (secondary N) is 2. The number of thiocarbonyl (C=S) groups is 1. The molecule has 0 aliphatic heterocycles.